The molecule has 0 aromatic heterocycles. The summed E-state index contributed by atoms with van der Waals surface area (Å²) in [6.45, 7) is -0.146. The minimum absolute atomic E-state index is 0.0215. The average Bonchev–Trinajstić information content (AvgIpc) is 2.87. The smallest absolute Gasteiger partial charge is 0.321 e. The van der Waals surface area contributed by atoms with E-state index in [0.717, 1.165) is 23.5 Å². The SMILES string of the molecule is NC(CSCC(=O)NCCNC(=O)C[C@@H](O)[C@@H](O)C(O)C(=O)NCCNC(=O)CSCC(N)C(=O)O)C(=O)O. The van der Waals surface area contributed by atoms with Crippen molar-refractivity contribution in [3.8, 4) is 0 Å². The van der Waals surface area contributed by atoms with Crippen molar-refractivity contribution in [3.63, 3.8) is 0 Å². The Morgan fingerprint density at radius 2 is 1.03 bits per heavy atom. The molecule has 19 heteroatoms. The minimum Gasteiger partial charge on any atom is -0.480 e. The largest absolute Gasteiger partial charge is 0.480 e. The quantitative estimate of drug-likeness (QED) is 0.0547. The maximum atomic E-state index is 12.0. The molecule has 0 aromatic carbocycles. The normalized spacial score (nSPS) is 14.7. The van der Waals surface area contributed by atoms with Crippen molar-refractivity contribution in [1.82, 2.24) is 21.3 Å². The van der Waals surface area contributed by atoms with E-state index >= 15 is 0 Å². The number of hydrogen-bond acceptors (Lipinski definition) is 13. The second kappa shape index (κ2) is 20.3. The number of carboxylic acids is 2. The highest BCUT2D eigenvalue weighted by Crippen LogP contribution is 2.05. The van der Waals surface area contributed by atoms with E-state index in [2.05, 4.69) is 21.3 Å². The lowest BCUT2D eigenvalue weighted by atomic mass is 10.0. The van der Waals surface area contributed by atoms with Gasteiger partial charge in [0.1, 0.15) is 18.2 Å². The van der Waals surface area contributed by atoms with Crippen LogP contribution in [0.3, 0.4) is 0 Å². The number of thioether (sulfide) groups is 2. The van der Waals surface area contributed by atoms with Gasteiger partial charge in [-0.1, -0.05) is 0 Å². The lowest BCUT2D eigenvalue weighted by Crippen LogP contribution is -2.49. The molecule has 0 radical (unpaired) electrons. The Kier molecular flexibility index (Phi) is 18.9. The van der Waals surface area contributed by atoms with Gasteiger partial charge in [0.05, 0.1) is 24.0 Å². The van der Waals surface area contributed by atoms with E-state index in [1.807, 2.05) is 0 Å². The number of carbonyl (C=O) groups is 6. The predicted molar refractivity (Wildman–Crippen MR) is 141 cm³/mol. The first-order chi connectivity index (χ1) is 18.3. The number of amides is 4. The minimum atomic E-state index is -2.07. The number of rotatable bonds is 21. The standard InChI is InChI=1S/C20H36N6O11S2/c21-10(19(34)35)6-38-8-14(29)24-2-1-23-13(28)5-12(27)16(31)17(32)18(33)26-4-3-25-15(30)9-39-7-11(22)20(36)37/h10-12,16-17,27,31-32H,1-9,21-22H2,(H,23,28)(H,24,29)(H,25,30)(H,26,33)(H,34,35)(H,36,37)/t10?,11?,12-,16-,17?/m1/s1. The molecule has 0 aromatic rings. The van der Waals surface area contributed by atoms with Crippen LogP contribution < -0.4 is 32.7 Å². The van der Waals surface area contributed by atoms with Gasteiger partial charge >= 0.3 is 11.9 Å². The molecule has 13 N–H and O–H groups in total. The van der Waals surface area contributed by atoms with Crippen LogP contribution in [0, 0.1) is 0 Å². The van der Waals surface area contributed by atoms with E-state index in [1.54, 1.807) is 0 Å². The van der Waals surface area contributed by atoms with Crippen LogP contribution in [-0.4, -0.2) is 141 Å². The van der Waals surface area contributed by atoms with Gasteiger partial charge in [0.2, 0.25) is 17.7 Å². The second-order valence-corrected chi connectivity index (χ2v) is 10.0. The number of aliphatic carboxylic acids is 2. The number of nitrogens with two attached hydrogens (primary N) is 2. The van der Waals surface area contributed by atoms with E-state index in [-0.39, 0.29) is 49.2 Å². The van der Waals surface area contributed by atoms with Gasteiger partial charge in [-0.25, -0.2) is 0 Å². The molecule has 3 unspecified atom stereocenters. The summed E-state index contributed by atoms with van der Waals surface area (Å²) in [5.41, 5.74) is 10.6. The van der Waals surface area contributed by atoms with Crippen LogP contribution >= 0.6 is 23.5 Å². The van der Waals surface area contributed by atoms with E-state index in [1.165, 1.54) is 0 Å². The lowest BCUT2D eigenvalue weighted by molar-refractivity contribution is -0.143. The van der Waals surface area contributed by atoms with E-state index in [4.69, 9.17) is 21.7 Å². The summed E-state index contributed by atoms with van der Waals surface area (Å²) in [4.78, 5) is 68.3. The second-order valence-electron chi connectivity index (χ2n) is 7.97. The van der Waals surface area contributed by atoms with Crippen molar-refractivity contribution in [2.75, 3.05) is 49.2 Å². The zero-order valence-electron chi connectivity index (χ0n) is 20.9. The molecule has 0 bridgehead atoms. The van der Waals surface area contributed by atoms with Crippen molar-refractivity contribution in [1.29, 1.82) is 0 Å². The highest BCUT2D eigenvalue weighted by atomic mass is 32.2. The summed E-state index contributed by atoms with van der Waals surface area (Å²) in [6.07, 6.45) is -6.50. The number of aliphatic hydroxyl groups is 3. The third-order valence-electron chi connectivity index (χ3n) is 4.59. The monoisotopic (exact) mass is 600 g/mol. The Morgan fingerprint density at radius 3 is 1.44 bits per heavy atom. The number of aliphatic hydroxyl groups excluding tert-OH is 3. The third-order valence-corrected chi connectivity index (χ3v) is 6.71. The first-order valence-corrected chi connectivity index (χ1v) is 13.8. The average molecular weight is 601 g/mol. The van der Waals surface area contributed by atoms with Crippen molar-refractivity contribution < 1.29 is 54.3 Å². The van der Waals surface area contributed by atoms with Crippen molar-refractivity contribution >= 4 is 59.1 Å². The highest BCUT2D eigenvalue weighted by Gasteiger charge is 2.31. The Labute approximate surface area is 232 Å². The Bertz CT molecular complexity index is 838. The van der Waals surface area contributed by atoms with Crippen LogP contribution in [0.5, 0.6) is 0 Å². The summed E-state index contributed by atoms with van der Waals surface area (Å²) >= 11 is 2.04. The Hall–Kier alpha value is -2.68. The van der Waals surface area contributed by atoms with E-state index in [9.17, 15) is 44.1 Å². The van der Waals surface area contributed by atoms with Crippen LogP contribution in [0.2, 0.25) is 0 Å². The molecule has 5 atom stereocenters. The number of carbonyl (C=O) groups excluding carboxylic acids is 4. The van der Waals surface area contributed by atoms with Crippen LogP contribution in [-0.2, 0) is 28.8 Å². The number of hydrogen-bond donors (Lipinski definition) is 11. The number of carboxylic acid groups (broad SMARTS) is 2. The summed E-state index contributed by atoms with van der Waals surface area (Å²) < 4.78 is 0. The fraction of sp³-hybridized carbons (Fsp3) is 0.700. The highest BCUT2D eigenvalue weighted by molar-refractivity contribution is 8.00. The molecular formula is C20H36N6O11S2. The molecule has 0 aliphatic heterocycles. The lowest BCUT2D eigenvalue weighted by Gasteiger charge is -2.22. The Morgan fingerprint density at radius 1 is 0.641 bits per heavy atom. The van der Waals surface area contributed by atoms with Crippen LogP contribution in [0.15, 0.2) is 0 Å². The molecule has 17 nitrogen and oxygen atoms in total. The maximum absolute atomic E-state index is 12.0. The maximum Gasteiger partial charge on any atom is 0.321 e. The van der Waals surface area contributed by atoms with Gasteiger partial charge < -0.3 is 58.3 Å². The van der Waals surface area contributed by atoms with E-state index in [0.29, 0.717) is 0 Å². The molecule has 0 aliphatic rings. The predicted octanol–water partition coefficient (Wildman–Crippen LogP) is -5.79. The summed E-state index contributed by atoms with van der Waals surface area (Å²) in [6, 6.07) is -2.19. The molecule has 39 heavy (non-hydrogen) atoms. The first-order valence-electron chi connectivity index (χ1n) is 11.5. The molecule has 0 saturated carbocycles. The topological polar surface area (TPSA) is 304 Å². The van der Waals surface area contributed by atoms with Gasteiger partial charge in [-0.2, -0.15) is 0 Å². The summed E-state index contributed by atoms with van der Waals surface area (Å²) in [5.74, 6) is -5.00. The summed E-state index contributed by atoms with van der Waals surface area (Å²) in [7, 11) is 0. The van der Waals surface area contributed by atoms with Crippen molar-refractivity contribution in [2.45, 2.75) is 36.8 Å². The Balaban J connectivity index is 4.09. The first kappa shape index (κ1) is 36.3. The van der Waals surface area contributed by atoms with Gasteiger partial charge in [0, 0.05) is 37.7 Å². The molecule has 0 fully saturated rings. The zero-order chi connectivity index (χ0) is 30.0. The van der Waals surface area contributed by atoms with Crippen LogP contribution in [0.1, 0.15) is 6.42 Å². The molecular weight excluding hydrogens is 564 g/mol. The van der Waals surface area contributed by atoms with Crippen LogP contribution in [0.4, 0.5) is 0 Å². The van der Waals surface area contributed by atoms with Gasteiger partial charge in [0.25, 0.3) is 5.91 Å². The van der Waals surface area contributed by atoms with Crippen LogP contribution in [0.25, 0.3) is 0 Å². The van der Waals surface area contributed by atoms with Crippen molar-refractivity contribution in [2.24, 2.45) is 11.5 Å². The fourth-order valence-corrected chi connectivity index (χ4v) is 4.05. The van der Waals surface area contributed by atoms with Gasteiger partial charge in [-0.3, -0.25) is 28.8 Å². The van der Waals surface area contributed by atoms with E-state index < -0.39 is 72.4 Å². The van der Waals surface area contributed by atoms with Crippen molar-refractivity contribution in [3.05, 3.63) is 0 Å². The summed E-state index contributed by atoms with van der Waals surface area (Å²) in [5, 5.41) is 56.7. The molecule has 224 valence electrons. The molecule has 0 rings (SSSR count). The zero-order valence-corrected chi connectivity index (χ0v) is 22.5. The van der Waals surface area contributed by atoms with Gasteiger partial charge in [-0.15, -0.1) is 23.5 Å². The van der Waals surface area contributed by atoms with Gasteiger partial charge in [0.15, 0.2) is 6.10 Å². The molecule has 0 aliphatic carbocycles. The van der Waals surface area contributed by atoms with Gasteiger partial charge in [-0.05, 0) is 0 Å². The fourth-order valence-electron chi connectivity index (χ4n) is 2.45. The molecule has 0 heterocycles. The molecule has 0 saturated heterocycles. The number of nitrogens with one attached hydrogen (secondary N) is 4. The third kappa shape index (κ3) is 17.5. The molecule has 4 amide bonds. The molecule has 0 spiro atoms.